The standard InChI is InChI=1S/C14H11NO2/c1-9-5-11(7-15)13(6-10(9)2)14-4-3-12(8-16)17-14/h3-6,8H,1-2H3. The second kappa shape index (κ2) is 4.26. The molecule has 3 nitrogen and oxygen atoms in total. The normalized spacial score (nSPS) is 9.94. The summed E-state index contributed by atoms with van der Waals surface area (Å²) in [6.45, 7) is 3.93. The summed E-state index contributed by atoms with van der Waals surface area (Å²) in [7, 11) is 0. The van der Waals surface area contributed by atoms with Crippen LogP contribution in [0.1, 0.15) is 27.2 Å². The number of nitriles is 1. The number of furan rings is 1. The quantitative estimate of drug-likeness (QED) is 0.737. The molecular weight excluding hydrogens is 214 g/mol. The predicted octanol–water partition coefficient (Wildman–Crippen LogP) is 3.25. The molecule has 0 N–H and O–H groups in total. The number of aldehydes is 1. The molecule has 0 aliphatic rings. The minimum atomic E-state index is 0.266. The van der Waals surface area contributed by atoms with E-state index >= 15 is 0 Å². The van der Waals surface area contributed by atoms with Crippen molar-refractivity contribution in [3.63, 3.8) is 0 Å². The van der Waals surface area contributed by atoms with Gasteiger partial charge in [0.1, 0.15) is 5.76 Å². The maximum Gasteiger partial charge on any atom is 0.185 e. The van der Waals surface area contributed by atoms with E-state index in [0.29, 0.717) is 17.6 Å². The van der Waals surface area contributed by atoms with Crippen LogP contribution >= 0.6 is 0 Å². The number of aryl methyl sites for hydroxylation is 2. The van der Waals surface area contributed by atoms with Crippen molar-refractivity contribution in [2.45, 2.75) is 13.8 Å². The SMILES string of the molecule is Cc1cc(C#N)c(-c2ccc(C=O)o2)cc1C. The average Bonchev–Trinajstić information content (AvgIpc) is 2.80. The van der Waals surface area contributed by atoms with Crippen LogP contribution in [-0.2, 0) is 0 Å². The van der Waals surface area contributed by atoms with Crippen molar-refractivity contribution >= 4 is 6.29 Å². The van der Waals surface area contributed by atoms with Gasteiger partial charge in [-0.05, 0) is 49.2 Å². The van der Waals surface area contributed by atoms with Gasteiger partial charge in [-0.3, -0.25) is 4.79 Å². The smallest absolute Gasteiger partial charge is 0.185 e. The zero-order valence-electron chi connectivity index (χ0n) is 9.65. The Morgan fingerprint density at radius 1 is 1.24 bits per heavy atom. The molecule has 17 heavy (non-hydrogen) atoms. The lowest BCUT2D eigenvalue weighted by atomic mass is 9.99. The summed E-state index contributed by atoms with van der Waals surface area (Å²) in [5.74, 6) is 0.814. The Hall–Kier alpha value is -2.34. The number of carbonyl (C=O) groups is 1. The van der Waals surface area contributed by atoms with Gasteiger partial charge in [0.2, 0.25) is 0 Å². The third-order valence-electron chi connectivity index (χ3n) is 2.76. The molecule has 0 spiro atoms. The van der Waals surface area contributed by atoms with Crippen molar-refractivity contribution in [3.05, 3.63) is 46.7 Å². The Labute approximate surface area is 99.3 Å². The highest BCUT2D eigenvalue weighted by Gasteiger charge is 2.11. The van der Waals surface area contributed by atoms with Crippen LogP contribution in [0.2, 0.25) is 0 Å². The van der Waals surface area contributed by atoms with Crippen molar-refractivity contribution in [3.8, 4) is 17.4 Å². The topological polar surface area (TPSA) is 54.0 Å². The molecule has 0 aliphatic heterocycles. The monoisotopic (exact) mass is 225 g/mol. The van der Waals surface area contributed by atoms with Gasteiger partial charge in [-0.25, -0.2) is 0 Å². The second-order valence-electron chi connectivity index (χ2n) is 3.91. The Bertz CT molecular complexity index is 618. The van der Waals surface area contributed by atoms with Gasteiger partial charge in [-0.1, -0.05) is 0 Å². The number of hydrogen-bond acceptors (Lipinski definition) is 3. The van der Waals surface area contributed by atoms with Gasteiger partial charge >= 0.3 is 0 Å². The highest BCUT2D eigenvalue weighted by Crippen LogP contribution is 2.27. The number of carbonyl (C=O) groups excluding carboxylic acids is 1. The maximum absolute atomic E-state index is 10.6. The Morgan fingerprint density at radius 2 is 1.94 bits per heavy atom. The lowest BCUT2D eigenvalue weighted by Gasteiger charge is -2.05. The zero-order chi connectivity index (χ0) is 12.4. The molecule has 1 heterocycles. The summed E-state index contributed by atoms with van der Waals surface area (Å²) in [5.41, 5.74) is 3.43. The fraction of sp³-hybridized carbons (Fsp3) is 0.143. The molecule has 2 rings (SSSR count). The average molecular weight is 225 g/mol. The molecule has 0 radical (unpaired) electrons. The first-order chi connectivity index (χ1) is 8.15. The summed E-state index contributed by atoms with van der Waals surface area (Å²) < 4.78 is 5.34. The summed E-state index contributed by atoms with van der Waals surface area (Å²) >= 11 is 0. The number of rotatable bonds is 2. The molecule has 2 aromatic rings. The first kappa shape index (κ1) is 11.2. The summed E-state index contributed by atoms with van der Waals surface area (Å²) in [4.78, 5) is 10.6. The Balaban J connectivity index is 2.62. The van der Waals surface area contributed by atoms with Gasteiger partial charge in [0.15, 0.2) is 12.0 Å². The molecule has 1 aromatic heterocycles. The summed E-state index contributed by atoms with van der Waals surface area (Å²) in [6, 6.07) is 9.17. The van der Waals surface area contributed by atoms with Gasteiger partial charge in [0, 0.05) is 5.56 Å². The molecule has 84 valence electrons. The predicted molar refractivity (Wildman–Crippen MR) is 63.7 cm³/mol. The minimum Gasteiger partial charge on any atom is -0.453 e. The van der Waals surface area contributed by atoms with Gasteiger partial charge in [-0.2, -0.15) is 5.26 Å². The Morgan fingerprint density at radius 3 is 2.53 bits per heavy atom. The lowest BCUT2D eigenvalue weighted by Crippen LogP contribution is -1.88. The van der Waals surface area contributed by atoms with Crippen LogP contribution in [-0.4, -0.2) is 6.29 Å². The van der Waals surface area contributed by atoms with Crippen molar-refractivity contribution in [2.75, 3.05) is 0 Å². The molecule has 0 bridgehead atoms. The van der Waals surface area contributed by atoms with Gasteiger partial charge in [-0.15, -0.1) is 0 Å². The van der Waals surface area contributed by atoms with Crippen LogP contribution in [0.15, 0.2) is 28.7 Å². The van der Waals surface area contributed by atoms with E-state index in [2.05, 4.69) is 6.07 Å². The van der Waals surface area contributed by atoms with Crippen LogP contribution in [0.5, 0.6) is 0 Å². The molecule has 0 unspecified atom stereocenters. The van der Waals surface area contributed by atoms with E-state index in [9.17, 15) is 4.79 Å². The molecule has 1 aromatic carbocycles. The van der Waals surface area contributed by atoms with E-state index in [1.165, 1.54) is 0 Å². The molecule has 3 heteroatoms. The van der Waals surface area contributed by atoms with Crippen LogP contribution in [0.3, 0.4) is 0 Å². The lowest BCUT2D eigenvalue weighted by molar-refractivity contribution is 0.110. The van der Waals surface area contributed by atoms with Crippen LogP contribution in [0.4, 0.5) is 0 Å². The summed E-state index contributed by atoms with van der Waals surface area (Å²) in [5, 5.41) is 9.10. The largest absolute Gasteiger partial charge is 0.453 e. The fourth-order valence-electron chi connectivity index (χ4n) is 1.67. The molecule has 0 fully saturated rings. The number of benzene rings is 1. The first-order valence-corrected chi connectivity index (χ1v) is 5.22. The van der Waals surface area contributed by atoms with E-state index in [4.69, 9.17) is 9.68 Å². The number of hydrogen-bond donors (Lipinski definition) is 0. The third kappa shape index (κ3) is 1.98. The highest BCUT2D eigenvalue weighted by atomic mass is 16.3. The third-order valence-corrected chi connectivity index (χ3v) is 2.76. The second-order valence-corrected chi connectivity index (χ2v) is 3.91. The van der Waals surface area contributed by atoms with Crippen molar-refractivity contribution in [1.82, 2.24) is 0 Å². The van der Waals surface area contributed by atoms with E-state index in [-0.39, 0.29) is 5.76 Å². The fourth-order valence-corrected chi connectivity index (χ4v) is 1.67. The molecule has 0 saturated heterocycles. The highest BCUT2D eigenvalue weighted by molar-refractivity contribution is 5.74. The van der Waals surface area contributed by atoms with E-state index in [1.807, 2.05) is 26.0 Å². The van der Waals surface area contributed by atoms with Crippen LogP contribution in [0.25, 0.3) is 11.3 Å². The molecule has 0 atom stereocenters. The summed E-state index contributed by atoms with van der Waals surface area (Å²) in [6.07, 6.45) is 0.649. The molecule has 0 saturated carbocycles. The minimum absolute atomic E-state index is 0.266. The van der Waals surface area contributed by atoms with Crippen molar-refractivity contribution in [2.24, 2.45) is 0 Å². The molecule has 0 amide bonds. The number of nitrogens with zero attached hydrogens (tertiary/aromatic N) is 1. The van der Waals surface area contributed by atoms with E-state index < -0.39 is 0 Å². The van der Waals surface area contributed by atoms with E-state index in [0.717, 1.165) is 16.7 Å². The van der Waals surface area contributed by atoms with Gasteiger partial charge in [0.05, 0.1) is 11.6 Å². The maximum atomic E-state index is 10.6. The van der Waals surface area contributed by atoms with Gasteiger partial charge < -0.3 is 4.42 Å². The van der Waals surface area contributed by atoms with Gasteiger partial charge in [0.25, 0.3) is 0 Å². The first-order valence-electron chi connectivity index (χ1n) is 5.22. The van der Waals surface area contributed by atoms with E-state index in [1.54, 1.807) is 12.1 Å². The van der Waals surface area contributed by atoms with Crippen molar-refractivity contribution in [1.29, 1.82) is 5.26 Å². The zero-order valence-corrected chi connectivity index (χ0v) is 9.65. The van der Waals surface area contributed by atoms with Crippen LogP contribution < -0.4 is 0 Å². The molecule has 0 aliphatic carbocycles. The van der Waals surface area contributed by atoms with Crippen molar-refractivity contribution < 1.29 is 9.21 Å². The Kier molecular flexibility index (Phi) is 2.80. The van der Waals surface area contributed by atoms with Crippen LogP contribution in [0, 0.1) is 25.2 Å². The molecular formula is C14H11NO2.